The fourth-order valence-electron chi connectivity index (χ4n) is 1.20. The molecule has 0 aliphatic rings. The first-order valence-corrected chi connectivity index (χ1v) is 5.77. The first-order valence-electron chi connectivity index (χ1n) is 5.39. The van der Waals surface area contributed by atoms with Crippen molar-refractivity contribution in [2.75, 3.05) is 11.9 Å². The molecular formula is C11H16ClN3O2. The average Bonchev–Trinajstić information content (AvgIpc) is 2.26. The lowest BCUT2D eigenvalue weighted by Gasteiger charge is -2.14. The molecule has 0 spiro atoms. The number of nitrogens with one attached hydrogen (secondary N) is 1. The largest absolute Gasteiger partial charge is 0.464 e. The summed E-state index contributed by atoms with van der Waals surface area (Å²) in [5.41, 5.74) is 1.54. The van der Waals surface area contributed by atoms with Gasteiger partial charge in [0.15, 0.2) is 11.0 Å². The second-order valence-electron chi connectivity index (χ2n) is 3.65. The Balaban J connectivity index is 2.81. The van der Waals surface area contributed by atoms with Gasteiger partial charge in [0.05, 0.1) is 18.0 Å². The van der Waals surface area contributed by atoms with Crippen molar-refractivity contribution in [3.05, 3.63) is 16.5 Å². The average molecular weight is 258 g/mol. The second-order valence-corrected chi connectivity index (χ2v) is 4.01. The number of carbonyl (C=O) groups is 1. The maximum absolute atomic E-state index is 11.4. The lowest BCUT2D eigenvalue weighted by Crippen LogP contribution is -2.29. The zero-order valence-electron chi connectivity index (χ0n) is 10.4. The summed E-state index contributed by atoms with van der Waals surface area (Å²) in [5, 5.41) is 3.14. The van der Waals surface area contributed by atoms with Crippen LogP contribution in [0.5, 0.6) is 0 Å². The number of halogens is 1. The van der Waals surface area contributed by atoms with E-state index in [1.54, 1.807) is 13.8 Å². The van der Waals surface area contributed by atoms with E-state index in [2.05, 4.69) is 15.3 Å². The van der Waals surface area contributed by atoms with Crippen LogP contribution in [-0.4, -0.2) is 28.6 Å². The second kappa shape index (κ2) is 5.82. The lowest BCUT2D eigenvalue weighted by molar-refractivity contribution is -0.143. The van der Waals surface area contributed by atoms with E-state index in [0.29, 0.717) is 12.4 Å². The molecule has 94 valence electrons. The van der Waals surface area contributed by atoms with E-state index < -0.39 is 6.04 Å². The maximum Gasteiger partial charge on any atom is 0.328 e. The highest BCUT2D eigenvalue weighted by Gasteiger charge is 2.16. The van der Waals surface area contributed by atoms with E-state index in [1.807, 2.05) is 13.8 Å². The Labute approximate surface area is 106 Å². The zero-order valence-corrected chi connectivity index (χ0v) is 11.1. The summed E-state index contributed by atoms with van der Waals surface area (Å²) >= 11 is 5.94. The van der Waals surface area contributed by atoms with Crippen LogP contribution in [0.15, 0.2) is 0 Å². The molecule has 0 radical (unpaired) electrons. The number of hydrogen-bond donors (Lipinski definition) is 1. The van der Waals surface area contributed by atoms with Gasteiger partial charge in [-0.1, -0.05) is 11.6 Å². The summed E-state index contributed by atoms with van der Waals surface area (Å²) in [4.78, 5) is 19.8. The van der Waals surface area contributed by atoms with Crippen molar-refractivity contribution in [1.29, 1.82) is 0 Å². The molecule has 1 heterocycles. The molecule has 5 nitrogen and oxygen atoms in total. The van der Waals surface area contributed by atoms with E-state index in [1.165, 1.54) is 0 Å². The number of ether oxygens (including phenoxy) is 1. The molecule has 1 rings (SSSR count). The molecule has 0 amide bonds. The van der Waals surface area contributed by atoms with Gasteiger partial charge in [-0.15, -0.1) is 0 Å². The minimum absolute atomic E-state index is 0.254. The van der Waals surface area contributed by atoms with Crippen molar-refractivity contribution in [1.82, 2.24) is 9.97 Å². The van der Waals surface area contributed by atoms with E-state index in [9.17, 15) is 4.79 Å². The molecule has 1 aromatic rings. The Morgan fingerprint density at radius 2 is 2.00 bits per heavy atom. The fraction of sp³-hybridized carbons (Fsp3) is 0.545. The van der Waals surface area contributed by atoms with E-state index in [4.69, 9.17) is 16.3 Å². The van der Waals surface area contributed by atoms with Gasteiger partial charge in [0.2, 0.25) is 0 Å². The highest BCUT2D eigenvalue weighted by atomic mass is 35.5. The van der Waals surface area contributed by atoms with Crippen LogP contribution in [0.4, 0.5) is 5.82 Å². The monoisotopic (exact) mass is 257 g/mol. The number of aromatic nitrogens is 2. The molecule has 1 atom stereocenters. The summed E-state index contributed by atoms with van der Waals surface area (Å²) in [7, 11) is 0. The van der Waals surface area contributed by atoms with Gasteiger partial charge >= 0.3 is 5.97 Å². The predicted molar refractivity (Wildman–Crippen MR) is 66.2 cm³/mol. The summed E-state index contributed by atoms with van der Waals surface area (Å²) in [6.45, 7) is 7.45. The number of aryl methyl sites for hydroxylation is 2. The SMILES string of the molecule is CCOC(=O)C(C)Nc1nc(C)c(C)nc1Cl. The molecule has 0 aliphatic carbocycles. The van der Waals surface area contributed by atoms with Crippen molar-refractivity contribution in [3.8, 4) is 0 Å². The number of esters is 1. The Morgan fingerprint density at radius 3 is 2.59 bits per heavy atom. The number of hydrogen-bond acceptors (Lipinski definition) is 5. The van der Waals surface area contributed by atoms with Gasteiger partial charge in [-0.2, -0.15) is 0 Å². The highest BCUT2D eigenvalue weighted by Crippen LogP contribution is 2.19. The highest BCUT2D eigenvalue weighted by molar-refractivity contribution is 6.31. The Morgan fingerprint density at radius 1 is 1.41 bits per heavy atom. The van der Waals surface area contributed by atoms with Crippen LogP contribution in [0.2, 0.25) is 5.15 Å². The van der Waals surface area contributed by atoms with Crippen LogP contribution in [0.3, 0.4) is 0 Å². The Hall–Kier alpha value is -1.36. The Kier molecular flexibility index (Phi) is 4.69. The van der Waals surface area contributed by atoms with E-state index in [0.717, 1.165) is 11.4 Å². The predicted octanol–water partition coefficient (Wildman–Crippen LogP) is 2.11. The molecule has 0 fully saturated rings. The topological polar surface area (TPSA) is 64.1 Å². The Bertz CT molecular complexity index is 423. The fourth-order valence-corrected chi connectivity index (χ4v) is 1.42. The number of anilines is 1. The van der Waals surface area contributed by atoms with Gasteiger partial charge in [-0.05, 0) is 27.7 Å². The number of rotatable bonds is 4. The van der Waals surface area contributed by atoms with Crippen LogP contribution >= 0.6 is 11.6 Å². The van der Waals surface area contributed by atoms with Crippen molar-refractivity contribution in [2.24, 2.45) is 0 Å². The molecule has 0 bridgehead atoms. The molecule has 1 N–H and O–H groups in total. The van der Waals surface area contributed by atoms with Crippen LogP contribution in [0.1, 0.15) is 25.2 Å². The lowest BCUT2D eigenvalue weighted by atomic mass is 10.3. The van der Waals surface area contributed by atoms with E-state index >= 15 is 0 Å². The third-order valence-corrected chi connectivity index (χ3v) is 2.52. The van der Waals surface area contributed by atoms with Crippen LogP contribution in [0, 0.1) is 13.8 Å². The summed E-state index contributed by atoms with van der Waals surface area (Å²) < 4.78 is 4.88. The normalized spacial score (nSPS) is 12.1. The van der Waals surface area contributed by atoms with Crippen LogP contribution < -0.4 is 5.32 Å². The molecule has 0 saturated carbocycles. The molecule has 0 saturated heterocycles. The van der Waals surface area contributed by atoms with Crippen LogP contribution in [0.25, 0.3) is 0 Å². The van der Waals surface area contributed by atoms with Crippen molar-refractivity contribution in [3.63, 3.8) is 0 Å². The summed E-state index contributed by atoms with van der Waals surface area (Å²) in [5.74, 6) is 0.0546. The molecule has 6 heteroatoms. The minimum atomic E-state index is -0.510. The standard InChI is InChI=1S/C11H16ClN3O2/c1-5-17-11(16)8(4)15-10-9(12)13-6(2)7(3)14-10/h8H,5H2,1-4H3,(H,14,15). The van der Waals surface area contributed by atoms with Gasteiger partial charge in [0.1, 0.15) is 6.04 Å². The number of carbonyl (C=O) groups excluding carboxylic acids is 1. The third-order valence-electron chi connectivity index (χ3n) is 2.26. The van der Waals surface area contributed by atoms with Gasteiger partial charge < -0.3 is 10.1 Å². The van der Waals surface area contributed by atoms with Crippen molar-refractivity contribution in [2.45, 2.75) is 33.7 Å². The maximum atomic E-state index is 11.4. The summed E-state index contributed by atoms with van der Waals surface area (Å²) in [6, 6.07) is -0.510. The zero-order chi connectivity index (χ0) is 13.0. The van der Waals surface area contributed by atoms with E-state index in [-0.39, 0.29) is 11.1 Å². The van der Waals surface area contributed by atoms with Crippen molar-refractivity contribution < 1.29 is 9.53 Å². The van der Waals surface area contributed by atoms with Crippen LogP contribution in [-0.2, 0) is 9.53 Å². The minimum Gasteiger partial charge on any atom is -0.464 e. The van der Waals surface area contributed by atoms with Gasteiger partial charge in [-0.25, -0.2) is 14.8 Å². The molecule has 0 aliphatic heterocycles. The molecule has 1 unspecified atom stereocenters. The molecule has 1 aromatic heterocycles. The first kappa shape index (κ1) is 13.7. The van der Waals surface area contributed by atoms with Gasteiger partial charge in [0.25, 0.3) is 0 Å². The summed E-state index contributed by atoms with van der Waals surface area (Å²) in [6.07, 6.45) is 0. The quantitative estimate of drug-likeness (QED) is 0.837. The van der Waals surface area contributed by atoms with Crippen molar-refractivity contribution >= 4 is 23.4 Å². The van der Waals surface area contributed by atoms with Gasteiger partial charge in [-0.3, -0.25) is 0 Å². The third kappa shape index (κ3) is 3.56. The number of nitrogens with zero attached hydrogens (tertiary/aromatic N) is 2. The molecular weight excluding hydrogens is 242 g/mol. The molecule has 0 aromatic carbocycles. The first-order chi connectivity index (χ1) is 7.95. The van der Waals surface area contributed by atoms with Gasteiger partial charge in [0, 0.05) is 0 Å². The molecule has 17 heavy (non-hydrogen) atoms. The smallest absolute Gasteiger partial charge is 0.328 e.